The second-order valence-electron chi connectivity index (χ2n) is 7.28. The standard InChI is InChI=1S/C15H28N2O4.C7H8N2O3/c1-4-6-8-9-13(18)16-11-14(19)17-12(3)15(20)21-10-7-5-2;10-5-8-3-4-9-6(11)1-2-7(9)12/h12H,4-11H2,1-3H3,(H,16,18)(H,17,19);1-2,5H,3-4H2,(H,8,10). The highest BCUT2D eigenvalue weighted by atomic mass is 16.5. The Kier molecular flexibility index (Phi) is 16.5. The van der Waals surface area contributed by atoms with E-state index in [2.05, 4.69) is 22.9 Å². The van der Waals surface area contributed by atoms with Gasteiger partial charge in [0.25, 0.3) is 11.8 Å². The van der Waals surface area contributed by atoms with Crippen molar-refractivity contribution < 1.29 is 33.5 Å². The maximum Gasteiger partial charge on any atom is 0.328 e. The number of nitrogens with one attached hydrogen (secondary N) is 3. The number of imide groups is 1. The van der Waals surface area contributed by atoms with Gasteiger partial charge in [-0.15, -0.1) is 0 Å². The van der Waals surface area contributed by atoms with Crippen molar-refractivity contribution in [1.29, 1.82) is 0 Å². The highest BCUT2D eigenvalue weighted by Gasteiger charge is 2.22. The van der Waals surface area contributed by atoms with Gasteiger partial charge in [-0.3, -0.25) is 28.9 Å². The van der Waals surface area contributed by atoms with Crippen LogP contribution in [-0.4, -0.2) is 73.2 Å². The van der Waals surface area contributed by atoms with Crippen LogP contribution in [0.3, 0.4) is 0 Å². The van der Waals surface area contributed by atoms with Gasteiger partial charge in [0, 0.05) is 31.7 Å². The maximum absolute atomic E-state index is 11.6. The van der Waals surface area contributed by atoms with E-state index < -0.39 is 17.9 Å². The molecular formula is C22H36N4O7. The van der Waals surface area contributed by atoms with Gasteiger partial charge < -0.3 is 20.7 Å². The van der Waals surface area contributed by atoms with Crippen molar-refractivity contribution >= 4 is 36.0 Å². The molecule has 1 rings (SSSR count). The molecule has 0 aromatic rings. The zero-order chi connectivity index (χ0) is 25.1. The molecule has 0 fully saturated rings. The lowest BCUT2D eigenvalue weighted by Crippen LogP contribution is -2.44. The molecule has 1 heterocycles. The molecule has 0 radical (unpaired) electrons. The van der Waals surface area contributed by atoms with Crippen LogP contribution in [0.25, 0.3) is 0 Å². The molecule has 1 aliphatic heterocycles. The van der Waals surface area contributed by atoms with Gasteiger partial charge >= 0.3 is 5.97 Å². The maximum atomic E-state index is 11.6. The molecule has 1 unspecified atom stereocenters. The number of carbonyl (C=O) groups excluding carboxylic acids is 6. The van der Waals surface area contributed by atoms with E-state index in [1.807, 2.05) is 6.92 Å². The number of carbonyl (C=O) groups is 6. The smallest absolute Gasteiger partial charge is 0.328 e. The van der Waals surface area contributed by atoms with E-state index in [1.165, 1.54) is 12.2 Å². The number of ether oxygens (including phenoxy) is 1. The molecule has 0 aromatic carbocycles. The molecule has 186 valence electrons. The Hall–Kier alpha value is -3.24. The Morgan fingerprint density at radius 3 is 2.24 bits per heavy atom. The van der Waals surface area contributed by atoms with Crippen molar-refractivity contribution in [3.8, 4) is 0 Å². The first-order valence-electron chi connectivity index (χ1n) is 11.2. The van der Waals surface area contributed by atoms with E-state index in [0.717, 1.165) is 37.0 Å². The fourth-order valence-electron chi connectivity index (χ4n) is 2.48. The molecule has 11 nitrogen and oxygen atoms in total. The van der Waals surface area contributed by atoms with Gasteiger partial charge in [-0.25, -0.2) is 4.79 Å². The molecular weight excluding hydrogens is 432 g/mol. The summed E-state index contributed by atoms with van der Waals surface area (Å²) < 4.78 is 5.00. The van der Waals surface area contributed by atoms with E-state index in [0.29, 0.717) is 26.0 Å². The van der Waals surface area contributed by atoms with Gasteiger partial charge in [0.05, 0.1) is 13.2 Å². The van der Waals surface area contributed by atoms with Crippen molar-refractivity contribution in [1.82, 2.24) is 20.9 Å². The minimum atomic E-state index is -0.702. The van der Waals surface area contributed by atoms with Gasteiger partial charge in [0.1, 0.15) is 6.04 Å². The summed E-state index contributed by atoms with van der Waals surface area (Å²) in [5, 5.41) is 7.40. The molecule has 1 atom stereocenters. The molecule has 0 saturated heterocycles. The van der Waals surface area contributed by atoms with Crippen molar-refractivity contribution in [2.45, 2.75) is 65.3 Å². The predicted molar refractivity (Wildman–Crippen MR) is 121 cm³/mol. The molecule has 0 aromatic heterocycles. The summed E-state index contributed by atoms with van der Waals surface area (Å²) >= 11 is 0. The first-order chi connectivity index (χ1) is 15.8. The molecule has 11 heteroatoms. The summed E-state index contributed by atoms with van der Waals surface area (Å²) in [5.74, 6) is -1.64. The minimum Gasteiger partial charge on any atom is -0.464 e. The van der Waals surface area contributed by atoms with Crippen LogP contribution in [0.4, 0.5) is 0 Å². The first kappa shape index (κ1) is 29.8. The SMILES string of the molecule is CCCCCC(=O)NCC(=O)NC(C)C(=O)OCCCC.O=CNCCN1C(=O)C=CC1=O. The van der Waals surface area contributed by atoms with Gasteiger partial charge in [-0.05, 0) is 19.8 Å². The number of amides is 5. The molecule has 0 aliphatic carbocycles. The van der Waals surface area contributed by atoms with Gasteiger partial charge in [-0.2, -0.15) is 0 Å². The van der Waals surface area contributed by atoms with E-state index in [1.54, 1.807) is 6.92 Å². The molecule has 0 bridgehead atoms. The second kappa shape index (κ2) is 18.3. The molecule has 3 N–H and O–H groups in total. The summed E-state index contributed by atoms with van der Waals surface area (Å²) in [4.78, 5) is 67.2. The summed E-state index contributed by atoms with van der Waals surface area (Å²) in [6.07, 6.45) is 7.99. The third-order valence-electron chi connectivity index (χ3n) is 4.39. The van der Waals surface area contributed by atoms with Crippen molar-refractivity contribution in [3.05, 3.63) is 12.2 Å². The van der Waals surface area contributed by atoms with Crippen LogP contribution in [0, 0.1) is 0 Å². The van der Waals surface area contributed by atoms with Crippen molar-refractivity contribution in [2.24, 2.45) is 0 Å². The third kappa shape index (κ3) is 14.4. The average molecular weight is 469 g/mol. The Morgan fingerprint density at radius 1 is 1.03 bits per heavy atom. The lowest BCUT2D eigenvalue weighted by Gasteiger charge is -2.13. The molecule has 1 aliphatic rings. The first-order valence-corrected chi connectivity index (χ1v) is 11.2. The summed E-state index contributed by atoms with van der Waals surface area (Å²) in [6, 6.07) is -0.702. The summed E-state index contributed by atoms with van der Waals surface area (Å²) in [6.45, 7) is 6.40. The van der Waals surface area contributed by atoms with Crippen LogP contribution in [0.5, 0.6) is 0 Å². The number of unbranched alkanes of at least 4 members (excludes halogenated alkanes) is 3. The number of hydrogen-bond acceptors (Lipinski definition) is 7. The second-order valence-corrected chi connectivity index (χ2v) is 7.28. The number of rotatable bonds is 15. The van der Waals surface area contributed by atoms with Crippen LogP contribution in [0.15, 0.2) is 12.2 Å². The Morgan fingerprint density at radius 2 is 1.67 bits per heavy atom. The van der Waals surface area contributed by atoms with Crippen molar-refractivity contribution in [3.63, 3.8) is 0 Å². The Balaban J connectivity index is 0.000000716. The fraction of sp³-hybridized carbons (Fsp3) is 0.636. The topological polar surface area (TPSA) is 151 Å². The van der Waals surface area contributed by atoms with Gasteiger partial charge in [0.2, 0.25) is 18.2 Å². The zero-order valence-corrected chi connectivity index (χ0v) is 19.7. The van der Waals surface area contributed by atoms with Crippen LogP contribution in [0.1, 0.15) is 59.3 Å². The highest BCUT2D eigenvalue weighted by molar-refractivity contribution is 6.12. The van der Waals surface area contributed by atoms with E-state index in [9.17, 15) is 28.8 Å². The highest BCUT2D eigenvalue weighted by Crippen LogP contribution is 2.01. The molecule has 5 amide bonds. The van der Waals surface area contributed by atoms with E-state index in [4.69, 9.17) is 4.74 Å². The van der Waals surface area contributed by atoms with Crippen molar-refractivity contribution in [2.75, 3.05) is 26.2 Å². The monoisotopic (exact) mass is 468 g/mol. The van der Waals surface area contributed by atoms with E-state index in [-0.39, 0.29) is 30.8 Å². The van der Waals surface area contributed by atoms with Gasteiger partial charge in [0.15, 0.2) is 0 Å². The van der Waals surface area contributed by atoms with E-state index >= 15 is 0 Å². The quantitative estimate of drug-likeness (QED) is 0.134. The Labute approximate surface area is 194 Å². The fourth-order valence-corrected chi connectivity index (χ4v) is 2.48. The number of nitrogens with zero attached hydrogens (tertiary/aromatic N) is 1. The molecule has 0 spiro atoms. The lowest BCUT2D eigenvalue weighted by atomic mass is 10.2. The Bertz CT molecular complexity index is 676. The van der Waals surface area contributed by atoms with Crippen LogP contribution < -0.4 is 16.0 Å². The summed E-state index contributed by atoms with van der Waals surface area (Å²) in [5.41, 5.74) is 0. The average Bonchev–Trinajstić information content (AvgIpc) is 3.10. The van der Waals surface area contributed by atoms with Crippen LogP contribution in [0.2, 0.25) is 0 Å². The zero-order valence-electron chi connectivity index (χ0n) is 19.7. The number of esters is 1. The lowest BCUT2D eigenvalue weighted by molar-refractivity contribution is -0.147. The summed E-state index contributed by atoms with van der Waals surface area (Å²) in [7, 11) is 0. The molecule has 0 saturated carbocycles. The van der Waals surface area contributed by atoms with Crippen LogP contribution >= 0.6 is 0 Å². The predicted octanol–water partition coefficient (Wildman–Crippen LogP) is 0.188. The third-order valence-corrected chi connectivity index (χ3v) is 4.39. The number of hydrogen-bond donors (Lipinski definition) is 3. The normalized spacial score (nSPS) is 13.0. The molecule has 33 heavy (non-hydrogen) atoms. The van der Waals surface area contributed by atoms with Crippen LogP contribution in [-0.2, 0) is 33.5 Å². The van der Waals surface area contributed by atoms with Gasteiger partial charge in [-0.1, -0.05) is 33.1 Å². The largest absolute Gasteiger partial charge is 0.464 e. The minimum absolute atomic E-state index is 0.114.